The molecule has 2 amide bonds. The maximum atomic E-state index is 12.5. The average Bonchev–Trinajstić information content (AvgIpc) is 3.33. The summed E-state index contributed by atoms with van der Waals surface area (Å²) in [6.07, 6.45) is -0.801. The molecule has 0 saturated heterocycles. The number of carbonyl (C=O) groups excluding carboxylic acids is 1. The number of hydrogen-bond donors (Lipinski definition) is 3. The number of nitrogens with zero attached hydrogens (tertiary/aromatic N) is 1. The molecular formula is C18H22F3N3O3. The first-order chi connectivity index (χ1) is 12.7. The van der Waals surface area contributed by atoms with Crippen molar-refractivity contribution in [3.8, 4) is 0 Å². The Kier molecular flexibility index (Phi) is 5.59. The molecule has 1 aromatic carbocycles. The van der Waals surface area contributed by atoms with Crippen LogP contribution in [0.15, 0.2) is 24.3 Å². The smallest absolute Gasteiger partial charge is 0.416 e. The van der Waals surface area contributed by atoms with Crippen LogP contribution in [0, 0.1) is 5.92 Å². The van der Waals surface area contributed by atoms with E-state index in [-0.39, 0.29) is 24.3 Å². The van der Waals surface area contributed by atoms with Gasteiger partial charge in [-0.15, -0.1) is 0 Å². The van der Waals surface area contributed by atoms with Gasteiger partial charge in [-0.3, -0.25) is 9.69 Å². The second-order valence-corrected chi connectivity index (χ2v) is 7.26. The van der Waals surface area contributed by atoms with Crippen LogP contribution in [0.5, 0.6) is 0 Å². The zero-order chi connectivity index (χ0) is 19.6. The molecule has 0 radical (unpaired) electrons. The van der Waals surface area contributed by atoms with Crippen LogP contribution < -0.4 is 10.6 Å². The molecule has 0 unspecified atom stereocenters. The number of halogens is 3. The number of carbonyl (C=O) groups is 2. The van der Waals surface area contributed by atoms with Crippen molar-refractivity contribution in [3.05, 3.63) is 29.8 Å². The van der Waals surface area contributed by atoms with E-state index in [9.17, 15) is 22.8 Å². The summed E-state index contributed by atoms with van der Waals surface area (Å²) >= 11 is 0. The lowest BCUT2D eigenvalue weighted by Gasteiger charge is -2.42. The molecule has 0 atom stereocenters. The summed E-state index contributed by atoms with van der Waals surface area (Å²) in [5.41, 5.74) is -0.498. The highest BCUT2D eigenvalue weighted by Gasteiger charge is 2.37. The molecule has 0 spiro atoms. The number of benzene rings is 1. The van der Waals surface area contributed by atoms with E-state index in [1.807, 2.05) is 4.90 Å². The van der Waals surface area contributed by atoms with Crippen LogP contribution in [0.3, 0.4) is 0 Å². The van der Waals surface area contributed by atoms with Crippen molar-refractivity contribution in [2.24, 2.45) is 5.92 Å². The molecule has 0 bridgehead atoms. The molecule has 3 N–H and O–H groups in total. The highest BCUT2D eigenvalue weighted by molar-refractivity contribution is 5.89. The molecule has 3 rings (SSSR count). The van der Waals surface area contributed by atoms with E-state index in [0.29, 0.717) is 18.8 Å². The Hall–Kier alpha value is -2.29. The van der Waals surface area contributed by atoms with E-state index < -0.39 is 23.7 Å². The minimum Gasteiger partial charge on any atom is -0.480 e. The van der Waals surface area contributed by atoms with E-state index in [1.54, 1.807) is 0 Å². The number of carboxylic acid groups (broad SMARTS) is 1. The van der Waals surface area contributed by atoms with Crippen molar-refractivity contribution < 1.29 is 27.9 Å². The SMILES string of the molecule is O=C(O)CN(CC1CC1)C1CC(NC(=O)Nc2ccc(C(F)(F)F)cc2)C1. The largest absolute Gasteiger partial charge is 0.480 e. The topological polar surface area (TPSA) is 81.7 Å². The molecule has 148 valence electrons. The quantitative estimate of drug-likeness (QED) is 0.674. The van der Waals surface area contributed by atoms with Crippen LogP contribution in [-0.4, -0.2) is 47.2 Å². The molecule has 0 aromatic heterocycles. The second-order valence-electron chi connectivity index (χ2n) is 7.26. The van der Waals surface area contributed by atoms with E-state index in [2.05, 4.69) is 10.6 Å². The maximum absolute atomic E-state index is 12.5. The van der Waals surface area contributed by atoms with Crippen LogP contribution in [0.2, 0.25) is 0 Å². The van der Waals surface area contributed by atoms with Gasteiger partial charge in [0.25, 0.3) is 0 Å². The number of urea groups is 1. The number of rotatable bonds is 7. The summed E-state index contributed by atoms with van der Waals surface area (Å²) in [5.74, 6) is -0.272. The first-order valence-electron chi connectivity index (χ1n) is 8.91. The summed E-state index contributed by atoms with van der Waals surface area (Å²) in [7, 11) is 0. The van der Waals surface area contributed by atoms with Crippen molar-refractivity contribution in [3.63, 3.8) is 0 Å². The normalized spacial score (nSPS) is 22.2. The van der Waals surface area contributed by atoms with Crippen LogP contribution in [0.4, 0.5) is 23.7 Å². The molecule has 6 nitrogen and oxygen atoms in total. The van der Waals surface area contributed by atoms with Crippen molar-refractivity contribution in [1.82, 2.24) is 10.2 Å². The van der Waals surface area contributed by atoms with Gasteiger partial charge >= 0.3 is 18.2 Å². The summed E-state index contributed by atoms with van der Waals surface area (Å²) in [6, 6.07) is 3.82. The lowest BCUT2D eigenvalue weighted by atomic mass is 9.85. The van der Waals surface area contributed by atoms with Crippen molar-refractivity contribution >= 4 is 17.7 Å². The lowest BCUT2D eigenvalue weighted by molar-refractivity contribution is -0.140. The first kappa shape index (κ1) is 19.5. The Morgan fingerprint density at radius 3 is 2.30 bits per heavy atom. The number of carboxylic acids is 1. The first-order valence-corrected chi connectivity index (χ1v) is 8.91. The second kappa shape index (κ2) is 7.75. The third-order valence-corrected chi connectivity index (χ3v) is 4.96. The van der Waals surface area contributed by atoms with Gasteiger partial charge in [-0.25, -0.2) is 4.79 Å². The fourth-order valence-corrected chi connectivity index (χ4v) is 3.25. The molecule has 27 heavy (non-hydrogen) atoms. The number of amides is 2. The van der Waals surface area contributed by atoms with Gasteiger partial charge in [0.15, 0.2) is 0 Å². The third-order valence-electron chi connectivity index (χ3n) is 4.96. The van der Waals surface area contributed by atoms with Crippen molar-refractivity contribution in [2.75, 3.05) is 18.4 Å². The Bertz CT molecular complexity index is 683. The predicted molar refractivity (Wildman–Crippen MR) is 92.3 cm³/mol. The molecule has 2 saturated carbocycles. The number of aliphatic carboxylic acids is 1. The Morgan fingerprint density at radius 2 is 1.78 bits per heavy atom. The van der Waals surface area contributed by atoms with Crippen molar-refractivity contribution in [1.29, 1.82) is 0 Å². The maximum Gasteiger partial charge on any atom is 0.416 e. The Morgan fingerprint density at radius 1 is 1.15 bits per heavy atom. The molecule has 2 aliphatic carbocycles. The Labute approximate surface area is 154 Å². The summed E-state index contributed by atoms with van der Waals surface area (Å²) in [6.45, 7) is 0.785. The van der Waals surface area contributed by atoms with Gasteiger partial charge < -0.3 is 15.7 Å². The average molecular weight is 385 g/mol. The zero-order valence-electron chi connectivity index (χ0n) is 14.6. The zero-order valence-corrected chi connectivity index (χ0v) is 14.6. The van der Waals surface area contributed by atoms with Gasteiger partial charge in [-0.2, -0.15) is 13.2 Å². The van der Waals surface area contributed by atoms with E-state index in [4.69, 9.17) is 5.11 Å². The van der Waals surface area contributed by atoms with Gasteiger partial charge in [0.05, 0.1) is 12.1 Å². The minimum absolute atomic E-state index is 0.00559. The third kappa shape index (κ3) is 5.59. The minimum atomic E-state index is -4.41. The summed E-state index contributed by atoms with van der Waals surface area (Å²) < 4.78 is 37.6. The van der Waals surface area contributed by atoms with E-state index >= 15 is 0 Å². The fourth-order valence-electron chi connectivity index (χ4n) is 3.25. The highest BCUT2D eigenvalue weighted by atomic mass is 19.4. The standard InChI is InChI=1S/C18H22F3N3O3/c19-18(20,21)12-3-5-13(6-4-12)22-17(27)23-14-7-15(8-14)24(10-16(25)26)9-11-1-2-11/h3-6,11,14-15H,1-2,7-10H2,(H,25,26)(H2,22,23,27). The van der Waals surface area contributed by atoms with Crippen molar-refractivity contribution in [2.45, 2.75) is 43.9 Å². The number of nitrogens with one attached hydrogen (secondary N) is 2. The van der Waals surface area contributed by atoms with Gasteiger partial charge in [0.1, 0.15) is 0 Å². The number of hydrogen-bond acceptors (Lipinski definition) is 3. The van der Waals surface area contributed by atoms with Crippen LogP contribution in [0.1, 0.15) is 31.2 Å². The molecular weight excluding hydrogens is 363 g/mol. The molecule has 0 aliphatic heterocycles. The van der Waals surface area contributed by atoms with Gasteiger partial charge in [0.2, 0.25) is 0 Å². The van der Waals surface area contributed by atoms with Gasteiger partial charge in [0, 0.05) is 24.3 Å². The number of alkyl halides is 3. The summed E-state index contributed by atoms with van der Waals surface area (Å²) in [5, 5.41) is 14.3. The molecule has 0 heterocycles. The van der Waals surface area contributed by atoms with Gasteiger partial charge in [-0.1, -0.05) is 0 Å². The molecule has 1 aromatic rings. The molecule has 2 aliphatic rings. The van der Waals surface area contributed by atoms with Crippen LogP contribution >= 0.6 is 0 Å². The molecule has 9 heteroatoms. The lowest BCUT2D eigenvalue weighted by Crippen LogP contribution is -2.55. The molecule has 2 fully saturated rings. The highest BCUT2D eigenvalue weighted by Crippen LogP contribution is 2.34. The van der Waals surface area contributed by atoms with Gasteiger partial charge in [-0.05, 0) is 55.9 Å². The predicted octanol–water partition coefficient (Wildman–Crippen LogP) is 3.15. The summed E-state index contributed by atoms with van der Waals surface area (Å²) in [4.78, 5) is 25.0. The van der Waals surface area contributed by atoms with E-state index in [1.165, 1.54) is 12.1 Å². The Balaban J connectivity index is 1.43. The fraction of sp³-hybridized carbons (Fsp3) is 0.556. The van der Waals surface area contributed by atoms with E-state index in [0.717, 1.165) is 31.5 Å². The van der Waals surface area contributed by atoms with Crippen LogP contribution in [0.25, 0.3) is 0 Å². The van der Waals surface area contributed by atoms with Crippen LogP contribution in [-0.2, 0) is 11.0 Å². The number of anilines is 1. The monoisotopic (exact) mass is 385 g/mol.